The van der Waals surface area contributed by atoms with E-state index in [2.05, 4.69) is 5.32 Å². The summed E-state index contributed by atoms with van der Waals surface area (Å²) in [7, 11) is 253. The molecule has 0 aliphatic heterocycles. The van der Waals surface area contributed by atoms with E-state index in [1.807, 2.05) is 14.1 Å². The van der Waals surface area contributed by atoms with Crippen molar-refractivity contribution in [1.29, 1.82) is 0 Å². The second-order valence-corrected chi connectivity index (χ2v) is 21.5. The standard InChI is InChI=1S/C2H7N.CH5NO.B40.B36/c1-3-2;1-2-3;1-22(2)32(21)37(31(19)20)40(38(33(23(3)4)24(5)6)34(25(7)8)26(9)10)39(35(27(11)12)28(13)14)36(29(15)16)30(17)18;1-20(2)29(19)34(30(21(3)4)22(5)6)36(33(27(15)16)28(17)18)35(31(23(7)8)24(9)10)32(25(11)12)26(13)14/h3H,1-2H3;2-3H,1H3;;. The second-order valence-electron chi connectivity index (χ2n) is 21.5. The predicted molar refractivity (Wildman–Crippen MR) is 463 cm³/mol. The fraction of sp³-hybridized carbons (Fsp3) is 1.00. The molecule has 0 saturated heterocycles. The molecular weight excluding hydrogens is 902 g/mol. The van der Waals surface area contributed by atoms with Crippen LogP contribution in [-0.2, 0) is 0 Å². The lowest BCUT2D eigenvalue weighted by Crippen LogP contribution is -2.92. The Morgan fingerprint density at radius 1 is 0.159 bits per heavy atom. The van der Waals surface area contributed by atoms with Gasteiger partial charge in [-0.2, -0.15) is 0 Å². The molecule has 0 atom stereocenters. The third-order valence-electron chi connectivity index (χ3n) is 15.1. The van der Waals surface area contributed by atoms with Crippen molar-refractivity contribution >= 4 is 539 Å². The van der Waals surface area contributed by atoms with E-state index in [0.717, 1.165) is 0 Å². The lowest BCUT2D eigenvalue weighted by Gasteiger charge is -2.54. The first-order chi connectivity index (χ1) is 37.3. The van der Waals surface area contributed by atoms with Crippen LogP contribution in [0.5, 0.6) is 0 Å². The Bertz CT molecular complexity index is 1320. The van der Waals surface area contributed by atoms with Gasteiger partial charge in [-0.1, -0.05) is 0 Å². The Kier molecular flexibility index (Phi) is 53.2. The predicted octanol–water partition coefficient (Wildman–Crippen LogP) is -29.5. The molecule has 80 radical (unpaired) electrons. The van der Waals surface area contributed by atoms with Crippen LogP contribution in [0.2, 0.25) is 0 Å². The first-order valence-corrected chi connectivity index (χ1v) is 26.4. The van der Waals surface area contributed by atoms with E-state index < -0.39 is 230 Å². The van der Waals surface area contributed by atoms with Gasteiger partial charge >= 0.3 is 0 Å². The molecule has 0 bridgehead atoms. The fourth-order valence-electron chi connectivity index (χ4n) is 12.1. The minimum atomic E-state index is -1.25. The van der Waals surface area contributed by atoms with Gasteiger partial charge in [0.2, 0.25) is 0 Å². The smallest absolute Gasteiger partial charge is 0.00929 e. The van der Waals surface area contributed by atoms with Crippen molar-refractivity contribution in [3.05, 3.63) is 0 Å². The largest absolute Gasteiger partial charge is 0.323 e. The maximum atomic E-state index is 7.32. The molecule has 79 heteroatoms. The third kappa shape index (κ3) is 30.0. The molecule has 0 fully saturated rings. The van der Waals surface area contributed by atoms with Gasteiger partial charge < -0.3 is 10.5 Å². The van der Waals surface area contributed by atoms with Crippen LogP contribution in [-0.4, -0.2) is 566 Å². The zero-order valence-electron chi connectivity index (χ0n) is 48.3. The summed E-state index contributed by atoms with van der Waals surface area (Å²) in [6.45, 7) is 0. The van der Waals surface area contributed by atoms with E-state index in [-0.39, 0.29) is 0 Å². The first-order valence-electron chi connectivity index (χ1n) is 26.4. The number of rotatable bonds is 34. The molecule has 0 aromatic rings. The van der Waals surface area contributed by atoms with E-state index in [1.165, 1.54) is 7.05 Å². The van der Waals surface area contributed by atoms with Crippen LogP contribution in [0.4, 0.5) is 0 Å². The van der Waals surface area contributed by atoms with Gasteiger partial charge in [0.05, 0.1) is 0 Å². The van der Waals surface area contributed by atoms with Crippen molar-refractivity contribution in [3.8, 4) is 0 Å². The lowest BCUT2D eigenvalue weighted by atomic mass is 8.27. The zero-order chi connectivity index (χ0) is 66.2. The Hall–Kier alpha value is 4.82. The average Bonchev–Trinajstić information content (AvgIpc) is 3.26. The molecule has 3 nitrogen and oxygen atoms in total. The van der Waals surface area contributed by atoms with Crippen LogP contribution < -0.4 is 10.8 Å². The highest BCUT2D eigenvalue weighted by molar-refractivity contribution is 8.34. The molecular formula is C3H12B76N2O. The van der Waals surface area contributed by atoms with Gasteiger partial charge in [0.25, 0.3) is 0 Å². The SMILES string of the molecule is CNC.CNO.[B]B([B])B([B])B(B(B([B])[B])B([B])[B])B(B(B([B])[B])B([B])[B])B(B(B([B])[B])B([B])[B])B(B([B])[B])B([B])[B].[B]B([B])B([B])B(B([B])[B])B(B(B(B([B])[B])B([B])[B])B(B([B])[B])B([B])[B])B(B(B([B])[B])B([B])[B])B(B([B])[B])B([B])[B]. The monoisotopic (exact) mass is 929 g/mol. The van der Waals surface area contributed by atoms with Crippen LogP contribution in [0.3, 0.4) is 0 Å². The van der Waals surface area contributed by atoms with E-state index in [4.69, 9.17) is 315 Å². The Morgan fingerprint density at radius 3 is 0.354 bits per heavy atom. The summed E-state index contributed by atoms with van der Waals surface area (Å²) >= 11 is 0. The molecule has 0 amide bonds. The molecule has 0 heterocycles. The summed E-state index contributed by atoms with van der Waals surface area (Å²) in [4.78, 5) is 0. The maximum absolute atomic E-state index is 7.32. The topological polar surface area (TPSA) is 44.3 Å². The van der Waals surface area contributed by atoms with Crippen molar-refractivity contribution in [3.63, 3.8) is 0 Å². The van der Waals surface area contributed by atoms with Crippen LogP contribution in [0.25, 0.3) is 0 Å². The molecule has 0 saturated carbocycles. The zero-order valence-corrected chi connectivity index (χ0v) is 48.3. The average molecular weight is 914 g/mol. The van der Waals surface area contributed by atoms with Crippen molar-refractivity contribution in [2.75, 3.05) is 21.1 Å². The van der Waals surface area contributed by atoms with Crippen molar-refractivity contribution in [2.45, 2.75) is 0 Å². The fourth-order valence-corrected chi connectivity index (χ4v) is 12.1. The molecule has 0 rings (SSSR count). The quantitative estimate of drug-likeness (QED) is 0.0445. The van der Waals surface area contributed by atoms with Crippen molar-refractivity contribution in [2.24, 2.45) is 0 Å². The summed E-state index contributed by atoms with van der Waals surface area (Å²) < 4.78 is 0. The van der Waals surface area contributed by atoms with Gasteiger partial charge in [0, 0.05) is 546 Å². The molecule has 3 N–H and O–H groups in total. The molecule has 0 aromatic heterocycles. The Labute approximate surface area is 571 Å². The van der Waals surface area contributed by atoms with E-state index in [1.54, 1.807) is 5.48 Å². The van der Waals surface area contributed by atoms with Crippen molar-refractivity contribution < 1.29 is 5.21 Å². The highest BCUT2D eigenvalue weighted by Crippen LogP contribution is 2.20. The van der Waals surface area contributed by atoms with Crippen LogP contribution >= 0.6 is 0 Å². The van der Waals surface area contributed by atoms with Crippen LogP contribution in [0.1, 0.15) is 0 Å². The summed E-state index contributed by atoms with van der Waals surface area (Å²) in [5, 5.41) is 10.1. The number of hydroxylamine groups is 1. The lowest BCUT2D eigenvalue weighted by molar-refractivity contribution is 0.194. The van der Waals surface area contributed by atoms with Gasteiger partial charge in [-0.25, -0.2) is 5.48 Å². The third-order valence-corrected chi connectivity index (χ3v) is 15.1. The number of hydrogen-bond donors (Lipinski definition) is 3. The molecule has 0 spiro atoms. The first kappa shape index (κ1) is 93.2. The van der Waals surface area contributed by atoms with Crippen LogP contribution in [0, 0.1) is 0 Å². The minimum Gasteiger partial charge on any atom is -0.323 e. The Morgan fingerprint density at radius 2 is 0.244 bits per heavy atom. The minimum absolute atomic E-state index is 0.964. The normalized spacial score (nSPS) is 9.32. The summed E-state index contributed by atoms with van der Waals surface area (Å²) in [5.41, 5.74) is 1.75. The number of hydrogen-bond acceptors (Lipinski definition) is 3. The summed E-state index contributed by atoms with van der Waals surface area (Å²) in [6.07, 6.45) is -40.0. The highest BCUT2D eigenvalue weighted by atomic mass is 16.5. The van der Waals surface area contributed by atoms with Gasteiger partial charge in [0.15, 0.2) is 0 Å². The Balaban J connectivity index is -0.000000679. The van der Waals surface area contributed by atoms with Gasteiger partial charge in [0.1, 0.15) is 0 Å². The van der Waals surface area contributed by atoms with E-state index in [9.17, 15) is 0 Å². The van der Waals surface area contributed by atoms with Gasteiger partial charge in [-0.3, -0.25) is 0 Å². The second kappa shape index (κ2) is 46.8. The molecule has 0 unspecified atom stereocenters. The summed E-state index contributed by atoms with van der Waals surface area (Å²) in [5.74, 6) is 0. The molecule has 0 aromatic carbocycles. The molecule has 0 aliphatic carbocycles. The highest BCUT2D eigenvalue weighted by Gasteiger charge is 2.58. The molecule has 82 heavy (non-hydrogen) atoms. The van der Waals surface area contributed by atoms with E-state index >= 15 is 0 Å². The summed E-state index contributed by atoms with van der Waals surface area (Å²) in [6, 6.07) is 0. The van der Waals surface area contributed by atoms with Crippen LogP contribution in [0.15, 0.2) is 0 Å². The van der Waals surface area contributed by atoms with Gasteiger partial charge in [-0.15, -0.1) is 0 Å². The van der Waals surface area contributed by atoms with Gasteiger partial charge in [-0.05, 0) is 14.1 Å². The molecule has 0 aliphatic rings. The van der Waals surface area contributed by atoms with E-state index in [0.29, 0.717) is 0 Å². The number of nitrogens with one attached hydrogen (secondary N) is 2. The van der Waals surface area contributed by atoms with Crippen molar-refractivity contribution in [1.82, 2.24) is 10.8 Å². The molecule has 268 valence electrons. The maximum Gasteiger partial charge on any atom is 0.00929 e.